The van der Waals surface area contributed by atoms with Gasteiger partial charge in [-0.1, -0.05) is 18.2 Å². The number of halogens is 1. The van der Waals surface area contributed by atoms with Gasteiger partial charge in [-0.2, -0.15) is 11.8 Å². The number of ether oxygens (including phenoxy) is 1. The lowest BCUT2D eigenvalue weighted by Crippen LogP contribution is -2.26. The van der Waals surface area contributed by atoms with Crippen molar-refractivity contribution in [3.8, 4) is 22.9 Å². The summed E-state index contributed by atoms with van der Waals surface area (Å²) in [5, 5.41) is 11.3. The molecule has 2 aromatic heterocycles. The zero-order chi connectivity index (χ0) is 26.1. The van der Waals surface area contributed by atoms with Crippen LogP contribution in [0.5, 0.6) is 11.6 Å². The molecule has 0 bridgehead atoms. The third kappa shape index (κ3) is 5.34. The van der Waals surface area contributed by atoms with E-state index in [-0.39, 0.29) is 17.5 Å². The van der Waals surface area contributed by atoms with Crippen LogP contribution in [-0.4, -0.2) is 44.6 Å². The van der Waals surface area contributed by atoms with Crippen LogP contribution >= 0.6 is 11.8 Å². The number of aromatic nitrogens is 3. The maximum atomic E-state index is 14.4. The highest BCUT2D eigenvalue weighted by atomic mass is 32.2. The summed E-state index contributed by atoms with van der Waals surface area (Å²) in [5.74, 6) is 2.83. The molecule has 0 atom stereocenters. The van der Waals surface area contributed by atoms with E-state index < -0.39 is 5.82 Å². The normalized spacial score (nSPS) is 15.9. The van der Waals surface area contributed by atoms with Crippen molar-refractivity contribution in [2.45, 2.75) is 38.6 Å². The number of hydrogen-bond acceptors (Lipinski definition) is 6. The average Bonchev–Trinajstić information content (AvgIpc) is 3.64. The van der Waals surface area contributed by atoms with E-state index in [1.807, 2.05) is 36.9 Å². The fourth-order valence-electron chi connectivity index (χ4n) is 4.74. The Balaban J connectivity index is 1.35. The predicted octanol–water partition coefficient (Wildman–Crippen LogP) is 6.08. The molecular formula is C29H30FN5O2S. The molecule has 38 heavy (non-hydrogen) atoms. The number of rotatable bonds is 8. The summed E-state index contributed by atoms with van der Waals surface area (Å²) in [6, 6.07) is 14.1. The number of hydrogen-bond donors (Lipinski definition) is 2. The summed E-state index contributed by atoms with van der Waals surface area (Å²) in [5.41, 5.74) is 4.63. The van der Waals surface area contributed by atoms with Crippen LogP contribution in [0.15, 0.2) is 54.7 Å². The Morgan fingerprint density at radius 3 is 2.71 bits per heavy atom. The van der Waals surface area contributed by atoms with Crippen LogP contribution in [0.1, 0.15) is 41.6 Å². The molecule has 0 spiro atoms. The smallest absolute Gasteiger partial charge is 0.251 e. The maximum Gasteiger partial charge on any atom is 0.251 e. The van der Waals surface area contributed by atoms with Crippen LogP contribution in [0.4, 0.5) is 10.1 Å². The molecule has 7 nitrogen and oxygen atoms in total. The summed E-state index contributed by atoms with van der Waals surface area (Å²) in [6.07, 6.45) is 6.22. The molecule has 4 aromatic rings. The van der Waals surface area contributed by atoms with E-state index in [2.05, 4.69) is 20.7 Å². The van der Waals surface area contributed by atoms with Crippen LogP contribution in [0, 0.1) is 18.7 Å². The van der Waals surface area contributed by atoms with Gasteiger partial charge in [-0.05, 0) is 79.9 Å². The molecule has 2 N–H and O–H groups in total. The van der Waals surface area contributed by atoms with Crippen molar-refractivity contribution in [3.05, 3.63) is 71.7 Å². The van der Waals surface area contributed by atoms with E-state index in [1.54, 1.807) is 35.0 Å². The molecule has 1 aliphatic heterocycles. The lowest BCUT2D eigenvalue weighted by atomic mass is 10.0. The first-order valence-corrected chi connectivity index (χ1v) is 14.3. The molecule has 2 aromatic carbocycles. The SMILES string of the molecule is Cc1cc(-c2cnc3c(NCC4CCSCC4)cc(Oc4ccccc4F)nn23)ccc1C(=O)NC1CC1. The molecule has 1 amide bonds. The maximum absolute atomic E-state index is 14.4. The Kier molecular flexibility index (Phi) is 6.93. The highest BCUT2D eigenvalue weighted by Gasteiger charge is 2.25. The molecule has 3 heterocycles. The van der Waals surface area contributed by atoms with Gasteiger partial charge in [0.05, 0.1) is 17.6 Å². The third-order valence-electron chi connectivity index (χ3n) is 7.10. The number of carbonyl (C=O) groups is 1. The quantitative estimate of drug-likeness (QED) is 0.287. The number of benzene rings is 2. The second-order valence-electron chi connectivity index (χ2n) is 10.0. The second-order valence-corrected chi connectivity index (χ2v) is 11.2. The Hall–Kier alpha value is -3.59. The minimum absolute atomic E-state index is 0.0407. The van der Waals surface area contributed by atoms with E-state index in [0.717, 1.165) is 41.9 Å². The Labute approximate surface area is 225 Å². The van der Waals surface area contributed by atoms with Gasteiger partial charge in [-0.3, -0.25) is 4.79 Å². The monoisotopic (exact) mass is 531 g/mol. The molecule has 2 fully saturated rings. The number of nitrogens with zero attached hydrogens (tertiary/aromatic N) is 3. The topological polar surface area (TPSA) is 80.6 Å². The van der Waals surface area contributed by atoms with Crippen LogP contribution in [0.25, 0.3) is 16.9 Å². The number of thioether (sulfide) groups is 1. The fraction of sp³-hybridized carbons (Fsp3) is 0.345. The molecule has 1 saturated carbocycles. The zero-order valence-electron chi connectivity index (χ0n) is 21.2. The number of aryl methyl sites for hydroxylation is 1. The van der Waals surface area contributed by atoms with Crippen LogP contribution < -0.4 is 15.4 Å². The number of amides is 1. The predicted molar refractivity (Wildman–Crippen MR) is 149 cm³/mol. The van der Waals surface area contributed by atoms with Crippen LogP contribution in [-0.2, 0) is 0 Å². The molecule has 0 unspecified atom stereocenters. The number of nitrogens with one attached hydrogen (secondary N) is 2. The molecule has 1 aliphatic carbocycles. The van der Waals surface area contributed by atoms with Gasteiger partial charge in [-0.15, -0.1) is 5.10 Å². The van der Waals surface area contributed by atoms with Crippen molar-refractivity contribution >= 4 is 29.0 Å². The largest absolute Gasteiger partial charge is 0.434 e. The van der Waals surface area contributed by atoms with Crippen molar-refractivity contribution in [1.29, 1.82) is 0 Å². The van der Waals surface area contributed by atoms with Gasteiger partial charge in [0, 0.05) is 29.8 Å². The minimum Gasteiger partial charge on any atom is -0.434 e. The second kappa shape index (κ2) is 10.6. The number of fused-ring (bicyclic) bond motifs is 1. The average molecular weight is 532 g/mol. The number of imidazole rings is 1. The summed E-state index contributed by atoms with van der Waals surface area (Å²) in [7, 11) is 0. The number of para-hydroxylation sites is 1. The van der Waals surface area contributed by atoms with Crippen LogP contribution in [0.3, 0.4) is 0 Å². The Morgan fingerprint density at radius 2 is 1.95 bits per heavy atom. The summed E-state index contributed by atoms with van der Waals surface area (Å²) >= 11 is 2.00. The van der Waals surface area contributed by atoms with E-state index in [1.165, 1.54) is 30.4 Å². The highest BCUT2D eigenvalue weighted by molar-refractivity contribution is 7.99. The molecule has 196 valence electrons. The van der Waals surface area contributed by atoms with Gasteiger partial charge in [-0.25, -0.2) is 13.9 Å². The number of anilines is 1. The van der Waals surface area contributed by atoms with E-state index in [9.17, 15) is 9.18 Å². The van der Waals surface area contributed by atoms with E-state index >= 15 is 0 Å². The minimum atomic E-state index is -0.454. The summed E-state index contributed by atoms with van der Waals surface area (Å²) in [6.45, 7) is 2.76. The van der Waals surface area contributed by atoms with Crippen molar-refractivity contribution in [2.75, 3.05) is 23.4 Å². The highest BCUT2D eigenvalue weighted by Crippen LogP contribution is 2.31. The first-order valence-electron chi connectivity index (χ1n) is 13.1. The number of carbonyl (C=O) groups excluding carboxylic acids is 1. The van der Waals surface area contributed by atoms with Gasteiger partial charge in [0.1, 0.15) is 0 Å². The van der Waals surface area contributed by atoms with Gasteiger partial charge in [0.2, 0.25) is 5.88 Å². The first-order chi connectivity index (χ1) is 18.5. The Bertz CT molecular complexity index is 1480. The van der Waals surface area contributed by atoms with Crippen molar-refractivity contribution < 1.29 is 13.9 Å². The van der Waals surface area contributed by atoms with Crippen molar-refractivity contribution in [1.82, 2.24) is 19.9 Å². The first kappa shape index (κ1) is 24.7. The molecule has 0 radical (unpaired) electrons. The van der Waals surface area contributed by atoms with Gasteiger partial charge >= 0.3 is 0 Å². The van der Waals surface area contributed by atoms with Gasteiger partial charge in [0.25, 0.3) is 5.91 Å². The van der Waals surface area contributed by atoms with Crippen molar-refractivity contribution in [2.24, 2.45) is 5.92 Å². The molecule has 6 rings (SSSR count). The van der Waals surface area contributed by atoms with Gasteiger partial charge < -0.3 is 15.4 Å². The summed E-state index contributed by atoms with van der Waals surface area (Å²) < 4.78 is 22.0. The van der Waals surface area contributed by atoms with Crippen LogP contribution in [0.2, 0.25) is 0 Å². The third-order valence-corrected chi connectivity index (χ3v) is 8.15. The fourth-order valence-corrected chi connectivity index (χ4v) is 5.94. The molecular weight excluding hydrogens is 501 g/mol. The molecule has 9 heteroatoms. The lowest BCUT2D eigenvalue weighted by molar-refractivity contribution is 0.0950. The van der Waals surface area contributed by atoms with Crippen molar-refractivity contribution in [3.63, 3.8) is 0 Å². The van der Waals surface area contributed by atoms with E-state index in [4.69, 9.17) is 4.74 Å². The Morgan fingerprint density at radius 1 is 1.13 bits per heavy atom. The standard InChI is InChI=1S/C29H30FN5O2S/c1-18-14-20(6-9-22(18)29(36)33-21-7-8-21)25-17-32-28-24(31-16-19-10-12-38-13-11-19)15-27(34-35(25)28)37-26-5-3-2-4-23(26)30/h2-6,9,14-15,17,19,21,31H,7-8,10-13,16H2,1H3,(H,33,36). The van der Waals surface area contributed by atoms with E-state index in [0.29, 0.717) is 23.2 Å². The summed E-state index contributed by atoms with van der Waals surface area (Å²) in [4.78, 5) is 17.3. The van der Waals surface area contributed by atoms with Gasteiger partial charge in [0.15, 0.2) is 17.2 Å². The molecule has 2 aliphatic rings. The molecule has 1 saturated heterocycles. The lowest BCUT2D eigenvalue weighted by Gasteiger charge is -2.22. The zero-order valence-corrected chi connectivity index (χ0v) is 22.1.